The van der Waals surface area contributed by atoms with Crippen LogP contribution in [0.1, 0.15) is 11.4 Å². The molecule has 1 saturated heterocycles. The fourth-order valence-electron chi connectivity index (χ4n) is 2.41. The summed E-state index contributed by atoms with van der Waals surface area (Å²) in [6, 6.07) is 6.23. The summed E-state index contributed by atoms with van der Waals surface area (Å²) in [5, 5.41) is 12.7. The van der Waals surface area contributed by atoms with E-state index in [9.17, 15) is 5.11 Å². The summed E-state index contributed by atoms with van der Waals surface area (Å²) >= 11 is 0. The van der Waals surface area contributed by atoms with Crippen LogP contribution in [0.2, 0.25) is 0 Å². The Morgan fingerprint density at radius 1 is 1.47 bits per heavy atom. The van der Waals surface area contributed by atoms with E-state index < -0.39 is 0 Å². The summed E-state index contributed by atoms with van der Waals surface area (Å²) in [5.74, 6) is 0.936. The van der Waals surface area contributed by atoms with Crippen molar-refractivity contribution in [1.82, 2.24) is 15.3 Å². The van der Waals surface area contributed by atoms with Gasteiger partial charge in [0, 0.05) is 13.1 Å². The first-order valence-corrected chi connectivity index (χ1v) is 6.55. The lowest BCUT2D eigenvalue weighted by Crippen LogP contribution is -2.52. The number of nitrogens with zero attached hydrogens (tertiary/aromatic N) is 1. The second-order valence-electron chi connectivity index (χ2n) is 5.43. The molecule has 0 unspecified atom stereocenters. The van der Waals surface area contributed by atoms with Gasteiger partial charge in [-0.1, -0.05) is 6.07 Å². The summed E-state index contributed by atoms with van der Waals surface area (Å²) in [6.07, 6.45) is 0. The minimum atomic E-state index is -0.0747. The predicted molar refractivity (Wildman–Crippen MR) is 72.9 cm³/mol. The van der Waals surface area contributed by atoms with Crippen LogP contribution in [0.3, 0.4) is 0 Å². The average Bonchev–Trinajstić information content (AvgIpc) is 2.72. The molecule has 5 heteroatoms. The Labute approximate surface area is 112 Å². The number of nitrogens with one attached hydrogen (secondary N) is 2. The Morgan fingerprint density at radius 2 is 2.32 bits per heavy atom. The van der Waals surface area contributed by atoms with Gasteiger partial charge in [-0.2, -0.15) is 0 Å². The molecule has 0 saturated carbocycles. The number of rotatable bonds is 5. The lowest BCUT2D eigenvalue weighted by atomic mass is 9.87. The van der Waals surface area contributed by atoms with Gasteiger partial charge in [0.25, 0.3) is 0 Å². The molecule has 2 aromatic rings. The summed E-state index contributed by atoms with van der Waals surface area (Å²) in [5.41, 5.74) is 3.21. The molecular formula is C14H19N3O2. The van der Waals surface area contributed by atoms with E-state index in [0.717, 1.165) is 29.9 Å². The van der Waals surface area contributed by atoms with Crippen LogP contribution in [0.5, 0.6) is 0 Å². The second-order valence-corrected chi connectivity index (χ2v) is 5.43. The maximum atomic E-state index is 9.34. The Balaban J connectivity index is 1.62. The normalized spacial score (nSPS) is 17.6. The maximum Gasteiger partial charge on any atom is 0.104 e. The number of H-pyrrole nitrogens is 1. The minimum Gasteiger partial charge on any atom is -0.396 e. The number of aliphatic hydroxyl groups is 1. The topological polar surface area (TPSA) is 70.2 Å². The zero-order chi connectivity index (χ0) is 13.3. The van der Waals surface area contributed by atoms with Crippen molar-refractivity contribution < 1.29 is 9.84 Å². The van der Waals surface area contributed by atoms with Crippen LogP contribution in [-0.2, 0) is 11.3 Å². The quantitative estimate of drug-likeness (QED) is 0.750. The third-order valence-corrected chi connectivity index (χ3v) is 3.65. The zero-order valence-electron chi connectivity index (χ0n) is 11.1. The highest BCUT2D eigenvalue weighted by Crippen LogP contribution is 2.25. The second kappa shape index (κ2) is 4.92. The van der Waals surface area contributed by atoms with E-state index in [0.29, 0.717) is 13.2 Å². The Bertz CT molecular complexity index is 570. The van der Waals surface area contributed by atoms with Gasteiger partial charge in [0.2, 0.25) is 0 Å². The van der Waals surface area contributed by atoms with E-state index >= 15 is 0 Å². The zero-order valence-corrected chi connectivity index (χ0v) is 11.1. The first-order valence-electron chi connectivity index (χ1n) is 6.55. The Hall–Kier alpha value is -1.43. The number of imidazole rings is 1. The van der Waals surface area contributed by atoms with Gasteiger partial charge < -0.3 is 20.1 Å². The molecule has 102 valence electrons. The molecule has 0 radical (unpaired) electrons. The lowest BCUT2D eigenvalue weighted by Gasteiger charge is -2.40. The summed E-state index contributed by atoms with van der Waals surface area (Å²) in [7, 11) is 0. The van der Waals surface area contributed by atoms with Crippen molar-refractivity contribution in [1.29, 1.82) is 0 Å². The fraction of sp³-hybridized carbons (Fsp3) is 0.500. The summed E-state index contributed by atoms with van der Waals surface area (Å²) < 4.78 is 5.18. The number of hydrogen-bond donors (Lipinski definition) is 3. The molecule has 0 amide bonds. The fourth-order valence-corrected chi connectivity index (χ4v) is 2.41. The van der Waals surface area contributed by atoms with Gasteiger partial charge in [0.1, 0.15) is 5.82 Å². The monoisotopic (exact) mass is 261 g/mol. The summed E-state index contributed by atoms with van der Waals surface area (Å²) in [6.45, 7) is 5.00. The van der Waals surface area contributed by atoms with Crippen molar-refractivity contribution in [2.45, 2.75) is 13.5 Å². The first kappa shape index (κ1) is 12.6. The SMILES string of the molecule is Cc1nc2ccc(CNCC3(CO)COC3)cc2[nH]1. The van der Waals surface area contributed by atoms with Gasteiger partial charge in [-0.15, -0.1) is 0 Å². The van der Waals surface area contributed by atoms with Crippen molar-refractivity contribution in [3.8, 4) is 0 Å². The lowest BCUT2D eigenvalue weighted by molar-refractivity contribution is -0.134. The molecular weight excluding hydrogens is 242 g/mol. The van der Waals surface area contributed by atoms with E-state index in [1.807, 2.05) is 13.0 Å². The molecule has 0 aliphatic carbocycles. The molecule has 5 nitrogen and oxygen atoms in total. The predicted octanol–water partition coefficient (Wildman–Crippen LogP) is 0.970. The largest absolute Gasteiger partial charge is 0.396 e. The maximum absolute atomic E-state index is 9.34. The molecule has 0 atom stereocenters. The van der Waals surface area contributed by atoms with Crippen molar-refractivity contribution in [2.24, 2.45) is 5.41 Å². The first-order chi connectivity index (χ1) is 9.21. The molecule has 1 aliphatic rings. The third kappa shape index (κ3) is 2.49. The minimum absolute atomic E-state index is 0.0747. The number of hydrogen-bond acceptors (Lipinski definition) is 4. The number of aromatic amines is 1. The van der Waals surface area contributed by atoms with Crippen LogP contribution < -0.4 is 5.32 Å². The van der Waals surface area contributed by atoms with E-state index in [-0.39, 0.29) is 12.0 Å². The number of ether oxygens (including phenoxy) is 1. The van der Waals surface area contributed by atoms with Crippen LogP contribution in [0, 0.1) is 12.3 Å². The van der Waals surface area contributed by atoms with Crippen LogP contribution >= 0.6 is 0 Å². The van der Waals surface area contributed by atoms with Crippen LogP contribution in [0.15, 0.2) is 18.2 Å². The molecule has 3 rings (SSSR count). The molecule has 19 heavy (non-hydrogen) atoms. The van der Waals surface area contributed by atoms with Gasteiger partial charge in [0.15, 0.2) is 0 Å². The highest BCUT2D eigenvalue weighted by Gasteiger charge is 2.37. The van der Waals surface area contributed by atoms with Crippen molar-refractivity contribution >= 4 is 11.0 Å². The number of aliphatic hydroxyl groups excluding tert-OH is 1. The molecule has 1 aromatic carbocycles. The van der Waals surface area contributed by atoms with Crippen molar-refractivity contribution in [3.63, 3.8) is 0 Å². The molecule has 3 N–H and O–H groups in total. The Morgan fingerprint density at radius 3 is 3.00 bits per heavy atom. The highest BCUT2D eigenvalue weighted by atomic mass is 16.5. The number of aromatic nitrogens is 2. The van der Waals surface area contributed by atoms with Crippen molar-refractivity contribution in [3.05, 3.63) is 29.6 Å². The standard InChI is InChI=1S/C14H19N3O2/c1-10-16-12-3-2-11(4-13(12)17-10)5-15-6-14(7-18)8-19-9-14/h2-4,15,18H,5-9H2,1H3,(H,16,17). The molecule has 0 bridgehead atoms. The van der Waals surface area contributed by atoms with Crippen LogP contribution in [0.4, 0.5) is 0 Å². The van der Waals surface area contributed by atoms with E-state index in [1.54, 1.807) is 0 Å². The van der Waals surface area contributed by atoms with Crippen LogP contribution in [-0.4, -0.2) is 41.4 Å². The van der Waals surface area contributed by atoms with Gasteiger partial charge in [-0.25, -0.2) is 4.98 Å². The van der Waals surface area contributed by atoms with E-state index in [2.05, 4.69) is 27.4 Å². The number of aryl methyl sites for hydroxylation is 1. The summed E-state index contributed by atoms with van der Waals surface area (Å²) in [4.78, 5) is 7.62. The average molecular weight is 261 g/mol. The Kier molecular flexibility index (Phi) is 3.26. The highest BCUT2D eigenvalue weighted by molar-refractivity contribution is 5.75. The number of fused-ring (bicyclic) bond motifs is 1. The van der Waals surface area contributed by atoms with Gasteiger partial charge >= 0.3 is 0 Å². The van der Waals surface area contributed by atoms with E-state index in [4.69, 9.17) is 4.74 Å². The molecule has 1 aliphatic heterocycles. The molecule has 2 heterocycles. The molecule has 1 aromatic heterocycles. The third-order valence-electron chi connectivity index (χ3n) is 3.65. The molecule has 1 fully saturated rings. The van der Waals surface area contributed by atoms with Gasteiger partial charge in [-0.05, 0) is 24.6 Å². The van der Waals surface area contributed by atoms with Gasteiger partial charge in [-0.3, -0.25) is 0 Å². The van der Waals surface area contributed by atoms with Gasteiger partial charge in [0.05, 0.1) is 36.3 Å². The number of benzene rings is 1. The van der Waals surface area contributed by atoms with E-state index in [1.165, 1.54) is 5.56 Å². The van der Waals surface area contributed by atoms with Crippen molar-refractivity contribution in [2.75, 3.05) is 26.4 Å². The smallest absolute Gasteiger partial charge is 0.104 e. The van der Waals surface area contributed by atoms with Crippen LogP contribution in [0.25, 0.3) is 11.0 Å². The molecule has 0 spiro atoms.